The molecule has 2 rings (SSSR count). The summed E-state index contributed by atoms with van der Waals surface area (Å²) in [6.07, 6.45) is 6.17. The maximum absolute atomic E-state index is 5.40. The molecule has 0 saturated carbocycles. The number of hydrogen-bond donors (Lipinski definition) is 0. The van der Waals surface area contributed by atoms with Crippen LogP contribution in [-0.4, -0.2) is 24.9 Å². The second-order valence-corrected chi connectivity index (χ2v) is 4.30. The first-order valence-electron chi connectivity index (χ1n) is 4.71. The maximum atomic E-state index is 5.40. The smallest absolute Gasteiger partial charge is 0.129 e. The minimum Gasteiger partial charge on any atom is -0.362 e. The lowest BCUT2D eigenvalue weighted by molar-refractivity contribution is 0.111. The fraction of sp³-hybridized carbons (Fsp3) is 0.500. The Bertz CT molecular complexity index is 319. The van der Waals surface area contributed by atoms with Gasteiger partial charge in [-0.3, -0.25) is 4.98 Å². The molecule has 0 N–H and O–H groups in total. The fourth-order valence-corrected chi connectivity index (χ4v) is 2.19. The van der Waals surface area contributed by atoms with E-state index < -0.39 is 0 Å². The van der Waals surface area contributed by atoms with Gasteiger partial charge in [-0.25, -0.2) is 0 Å². The number of anilines is 1. The number of methoxy groups -OCH3 is 1. The summed E-state index contributed by atoms with van der Waals surface area (Å²) in [5, 5.41) is 0. The van der Waals surface area contributed by atoms with Crippen LogP contribution in [0.1, 0.15) is 12.8 Å². The molecule has 1 atom stereocenters. The van der Waals surface area contributed by atoms with Gasteiger partial charge in [0.2, 0.25) is 0 Å². The second-order valence-electron chi connectivity index (χ2n) is 3.39. The van der Waals surface area contributed by atoms with E-state index in [4.69, 9.17) is 4.74 Å². The van der Waals surface area contributed by atoms with Gasteiger partial charge in [-0.05, 0) is 34.8 Å². The Morgan fingerprint density at radius 1 is 1.57 bits per heavy atom. The third kappa shape index (κ3) is 1.91. The SMILES string of the molecule is COC1CCCN1c1cncc(Br)c1. The molecule has 0 aliphatic carbocycles. The predicted molar refractivity (Wildman–Crippen MR) is 59.3 cm³/mol. The van der Waals surface area contributed by atoms with E-state index in [1.807, 2.05) is 6.20 Å². The van der Waals surface area contributed by atoms with E-state index in [9.17, 15) is 0 Å². The van der Waals surface area contributed by atoms with Crippen LogP contribution in [0.25, 0.3) is 0 Å². The van der Waals surface area contributed by atoms with Gasteiger partial charge >= 0.3 is 0 Å². The highest BCUT2D eigenvalue weighted by Gasteiger charge is 2.24. The molecular weight excluding hydrogens is 244 g/mol. The van der Waals surface area contributed by atoms with Crippen molar-refractivity contribution in [3.63, 3.8) is 0 Å². The molecule has 3 nitrogen and oxygen atoms in total. The fourth-order valence-electron chi connectivity index (χ4n) is 1.83. The summed E-state index contributed by atoms with van der Waals surface area (Å²) < 4.78 is 6.41. The van der Waals surface area contributed by atoms with Crippen molar-refractivity contribution in [3.8, 4) is 0 Å². The summed E-state index contributed by atoms with van der Waals surface area (Å²) in [5.74, 6) is 0. The van der Waals surface area contributed by atoms with Crippen LogP contribution in [0.5, 0.6) is 0 Å². The third-order valence-electron chi connectivity index (χ3n) is 2.49. The largest absolute Gasteiger partial charge is 0.362 e. The van der Waals surface area contributed by atoms with Gasteiger partial charge in [0.05, 0.1) is 11.9 Å². The molecule has 0 spiro atoms. The number of rotatable bonds is 2. The summed E-state index contributed by atoms with van der Waals surface area (Å²) in [6.45, 7) is 1.05. The number of nitrogens with zero attached hydrogens (tertiary/aromatic N) is 2. The summed E-state index contributed by atoms with van der Waals surface area (Å²) in [4.78, 5) is 6.40. The van der Waals surface area contributed by atoms with Crippen LogP contribution in [-0.2, 0) is 4.74 Å². The van der Waals surface area contributed by atoms with Crippen LogP contribution in [0.3, 0.4) is 0 Å². The molecule has 0 bridgehead atoms. The van der Waals surface area contributed by atoms with Gasteiger partial charge in [0.15, 0.2) is 0 Å². The van der Waals surface area contributed by atoms with Crippen molar-refractivity contribution in [1.29, 1.82) is 0 Å². The van der Waals surface area contributed by atoms with E-state index in [2.05, 4.69) is 31.9 Å². The Labute approximate surface area is 92.2 Å². The molecule has 0 radical (unpaired) electrons. The van der Waals surface area contributed by atoms with Crippen LogP contribution in [0, 0.1) is 0 Å². The van der Waals surface area contributed by atoms with Crippen molar-refractivity contribution in [3.05, 3.63) is 22.9 Å². The van der Waals surface area contributed by atoms with Gasteiger partial charge in [-0.15, -0.1) is 0 Å². The topological polar surface area (TPSA) is 25.4 Å². The van der Waals surface area contributed by atoms with Crippen molar-refractivity contribution in [2.24, 2.45) is 0 Å². The van der Waals surface area contributed by atoms with Gasteiger partial charge in [0.25, 0.3) is 0 Å². The molecule has 2 heterocycles. The summed E-state index contributed by atoms with van der Waals surface area (Å²) in [6, 6.07) is 2.07. The van der Waals surface area contributed by atoms with Crippen LogP contribution in [0.2, 0.25) is 0 Å². The first kappa shape index (κ1) is 9.93. The molecule has 1 aliphatic heterocycles. The second kappa shape index (κ2) is 4.28. The lowest BCUT2D eigenvalue weighted by Crippen LogP contribution is -2.30. The van der Waals surface area contributed by atoms with Crippen molar-refractivity contribution in [1.82, 2.24) is 4.98 Å². The van der Waals surface area contributed by atoms with E-state index in [0.29, 0.717) is 0 Å². The van der Waals surface area contributed by atoms with Crippen LogP contribution >= 0.6 is 15.9 Å². The lowest BCUT2D eigenvalue weighted by atomic mass is 10.3. The monoisotopic (exact) mass is 256 g/mol. The van der Waals surface area contributed by atoms with Gasteiger partial charge in [0, 0.05) is 24.3 Å². The highest BCUT2D eigenvalue weighted by Crippen LogP contribution is 2.26. The van der Waals surface area contributed by atoms with Crippen molar-refractivity contribution in [2.45, 2.75) is 19.1 Å². The molecule has 0 amide bonds. The Balaban J connectivity index is 2.21. The molecule has 76 valence electrons. The number of hydrogen-bond acceptors (Lipinski definition) is 3. The average molecular weight is 257 g/mol. The molecule has 14 heavy (non-hydrogen) atoms. The van der Waals surface area contributed by atoms with E-state index in [1.165, 1.54) is 6.42 Å². The Kier molecular flexibility index (Phi) is 3.03. The maximum Gasteiger partial charge on any atom is 0.129 e. The van der Waals surface area contributed by atoms with Gasteiger partial charge < -0.3 is 9.64 Å². The quantitative estimate of drug-likeness (QED) is 0.813. The minimum atomic E-state index is 0.214. The van der Waals surface area contributed by atoms with Gasteiger partial charge in [0.1, 0.15) is 6.23 Å². The summed E-state index contributed by atoms with van der Waals surface area (Å²) >= 11 is 3.42. The Morgan fingerprint density at radius 2 is 2.43 bits per heavy atom. The number of aromatic nitrogens is 1. The first-order valence-corrected chi connectivity index (χ1v) is 5.50. The highest BCUT2D eigenvalue weighted by molar-refractivity contribution is 9.10. The zero-order chi connectivity index (χ0) is 9.97. The third-order valence-corrected chi connectivity index (χ3v) is 2.93. The zero-order valence-corrected chi connectivity index (χ0v) is 9.70. The molecule has 1 unspecified atom stereocenters. The lowest BCUT2D eigenvalue weighted by Gasteiger charge is -2.25. The standard InChI is InChI=1S/C10H13BrN2O/c1-14-10-3-2-4-13(10)9-5-8(11)6-12-7-9/h5-7,10H,2-4H2,1H3. The highest BCUT2D eigenvalue weighted by atomic mass is 79.9. The minimum absolute atomic E-state index is 0.214. The Hall–Kier alpha value is -0.610. The Morgan fingerprint density at radius 3 is 3.14 bits per heavy atom. The molecule has 1 aliphatic rings. The van der Waals surface area contributed by atoms with Crippen LogP contribution in [0.4, 0.5) is 5.69 Å². The van der Waals surface area contributed by atoms with Crippen LogP contribution in [0.15, 0.2) is 22.9 Å². The van der Waals surface area contributed by atoms with Gasteiger partial charge in [-0.1, -0.05) is 0 Å². The molecular formula is C10H13BrN2O. The van der Waals surface area contributed by atoms with E-state index in [0.717, 1.165) is 23.1 Å². The van der Waals surface area contributed by atoms with E-state index >= 15 is 0 Å². The molecule has 4 heteroatoms. The van der Waals surface area contributed by atoms with E-state index in [1.54, 1.807) is 13.3 Å². The van der Waals surface area contributed by atoms with Crippen LogP contribution < -0.4 is 4.90 Å². The van der Waals surface area contributed by atoms with Crippen molar-refractivity contribution >= 4 is 21.6 Å². The molecule has 1 aromatic rings. The molecule has 1 saturated heterocycles. The molecule has 1 fully saturated rings. The summed E-state index contributed by atoms with van der Waals surface area (Å²) in [5.41, 5.74) is 1.13. The van der Waals surface area contributed by atoms with E-state index in [-0.39, 0.29) is 6.23 Å². The van der Waals surface area contributed by atoms with Gasteiger partial charge in [-0.2, -0.15) is 0 Å². The molecule has 0 aromatic carbocycles. The molecule has 1 aromatic heterocycles. The number of pyridine rings is 1. The normalized spacial score (nSPS) is 21.6. The van der Waals surface area contributed by atoms with Crippen molar-refractivity contribution < 1.29 is 4.74 Å². The first-order chi connectivity index (χ1) is 6.81. The zero-order valence-electron chi connectivity index (χ0n) is 8.11. The average Bonchev–Trinajstić information content (AvgIpc) is 2.65. The summed E-state index contributed by atoms with van der Waals surface area (Å²) in [7, 11) is 1.76. The number of halogens is 1. The predicted octanol–water partition coefficient (Wildman–Crippen LogP) is 2.42. The van der Waals surface area contributed by atoms with Crippen molar-refractivity contribution in [2.75, 3.05) is 18.6 Å². The number of ether oxygens (including phenoxy) is 1.